The fourth-order valence-electron chi connectivity index (χ4n) is 3.89. The molecule has 0 atom stereocenters. The fourth-order valence-corrected chi connectivity index (χ4v) is 3.89. The molecule has 3 aromatic heterocycles. The molecular formula is C23H26N8O. The zero-order valence-electron chi connectivity index (χ0n) is 18.5. The number of aryl methyl sites for hydroxylation is 1. The molecular weight excluding hydrogens is 404 g/mol. The lowest BCUT2D eigenvalue weighted by Gasteiger charge is -2.26. The number of rotatable bonds is 5. The van der Waals surface area contributed by atoms with E-state index in [-0.39, 0.29) is 0 Å². The summed E-state index contributed by atoms with van der Waals surface area (Å²) in [5.41, 5.74) is 3.26. The van der Waals surface area contributed by atoms with E-state index in [0.29, 0.717) is 25.0 Å². The average Bonchev–Trinajstić information content (AvgIpc) is 3.16. The van der Waals surface area contributed by atoms with Crippen LogP contribution in [0.25, 0.3) is 22.0 Å². The lowest BCUT2D eigenvalue weighted by atomic mass is 10.0. The minimum Gasteiger partial charge on any atom is -0.378 e. The van der Waals surface area contributed by atoms with Crippen LogP contribution in [0.2, 0.25) is 0 Å². The Kier molecular flexibility index (Phi) is 5.32. The van der Waals surface area contributed by atoms with Crippen LogP contribution in [-0.2, 0) is 11.8 Å². The highest BCUT2D eigenvalue weighted by atomic mass is 16.5. The zero-order valence-corrected chi connectivity index (χ0v) is 18.5. The monoisotopic (exact) mass is 430 g/mol. The number of fused-ring (bicyclic) bond motifs is 1. The SMILES string of the molecule is CN(C)c1nn(C)c2cc(-c3ccnc(Nc4ccnc(N5CCOCC5)n4)c3)ccc12. The zero-order chi connectivity index (χ0) is 22.1. The number of nitrogens with one attached hydrogen (secondary N) is 1. The second-order valence-corrected chi connectivity index (χ2v) is 7.97. The Bertz CT molecular complexity index is 1250. The first-order chi connectivity index (χ1) is 15.6. The summed E-state index contributed by atoms with van der Waals surface area (Å²) in [5, 5.41) is 9.08. The van der Waals surface area contributed by atoms with Gasteiger partial charge in [0.15, 0.2) is 5.82 Å². The molecule has 1 fully saturated rings. The van der Waals surface area contributed by atoms with Gasteiger partial charge in [0.25, 0.3) is 0 Å². The Hall–Kier alpha value is -3.72. The molecule has 4 aromatic rings. The van der Waals surface area contributed by atoms with Crippen molar-refractivity contribution in [3.63, 3.8) is 0 Å². The Morgan fingerprint density at radius 1 is 0.938 bits per heavy atom. The van der Waals surface area contributed by atoms with Gasteiger partial charge in [-0.25, -0.2) is 9.97 Å². The maximum absolute atomic E-state index is 5.42. The number of pyridine rings is 1. The molecule has 0 saturated carbocycles. The third-order valence-corrected chi connectivity index (χ3v) is 5.54. The standard InChI is InChI=1S/C23H26N8O/c1-29(2)22-18-5-4-16(14-19(18)30(3)28-22)17-6-8-24-21(15-17)26-20-7-9-25-23(27-20)31-10-12-32-13-11-31/h4-9,14-15H,10-13H2,1-3H3,(H,24,25,26,27). The molecule has 164 valence electrons. The van der Waals surface area contributed by atoms with Crippen molar-refractivity contribution in [3.05, 3.63) is 48.8 Å². The first kappa shape index (κ1) is 20.2. The Morgan fingerprint density at radius 2 is 1.72 bits per heavy atom. The highest BCUT2D eigenvalue weighted by molar-refractivity contribution is 5.93. The lowest BCUT2D eigenvalue weighted by Crippen LogP contribution is -2.37. The van der Waals surface area contributed by atoms with E-state index in [9.17, 15) is 0 Å². The summed E-state index contributed by atoms with van der Waals surface area (Å²) >= 11 is 0. The summed E-state index contributed by atoms with van der Waals surface area (Å²) in [4.78, 5) is 17.7. The van der Waals surface area contributed by atoms with Crippen LogP contribution in [-0.4, -0.2) is 65.1 Å². The van der Waals surface area contributed by atoms with Crippen LogP contribution in [0, 0.1) is 0 Å². The predicted molar refractivity (Wildman–Crippen MR) is 127 cm³/mol. The molecule has 9 heteroatoms. The average molecular weight is 431 g/mol. The van der Waals surface area contributed by atoms with Crippen LogP contribution >= 0.6 is 0 Å². The van der Waals surface area contributed by atoms with Gasteiger partial charge in [-0.05, 0) is 41.5 Å². The molecule has 1 aliphatic heterocycles. The Labute approximate surface area is 186 Å². The highest BCUT2D eigenvalue weighted by Gasteiger charge is 2.15. The molecule has 4 heterocycles. The third-order valence-electron chi connectivity index (χ3n) is 5.54. The van der Waals surface area contributed by atoms with Gasteiger partial charge in [-0.3, -0.25) is 4.68 Å². The second kappa shape index (κ2) is 8.43. The molecule has 0 aliphatic carbocycles. The van der Waals surface area contributed by atoms with Crippen molar-refractivity contribution in [2.24, 2.45) is 7.05 Å². The van der Waals surface area contributed by atoms with E-state index < -0.39 is 0 Å². The molecule has 1 aliphatic rings. The number of ether oxygens (including phenoxy) is 1. The summed E-state index contributed by atoms with van der Waals surface area (Å²) in [6, 6.07) is 12.3. The number of morpholine rings is 1. The molecule has 1 saturated heterocycles. The van der Waals surface area contributed by atoms with Gasteiger partial charge in [-0.2, -0.15) is 10.1 Å². The molecule has 0 radical (unpaired) electrons. The van der Waals surface area contributed by atoms with Crippen molar-refractivity contribution in [2.45, 2.75) is 0 Å². The van der Waals surface area contributed by atoms with Crippen molar-refractivity contribution in [1.29, 1.82) is 0 Å². The van der Waals surface area contributed by atoms with Crippen LogP contribution in [0.4, 0.5) is 23.4 Å². The predicted octanol–water partition coefficient (Wildman–Crippen LogP) is 3.07. The van der Waals surface area contributed by atoms with E-state index in [1.165, 1.54) is 0 Å². The lowest BCUT2D eigenvalue weighted by molar-refractivity contribution is 0.122. The van der Waals surface area contributed by atoms with Crippen molar-refractivity contribution in [2.75, 3.05) is 55.5 Å². The number of anilines is 4. The molecule has 0 unspecified atom stereocenters. The van der Waals surface area contributed by atoms with Crippen molar-refractivity contribution in [1.82, 2.24) is 24.7 Å². The van der Waals surface area contributed by atoms with Gasteiger partial charge in [-0.1, -0.05) is 6.07 Å². The quantitative estimate of drug-likeness (QED) is 0.517. The molecule has 1 N–H and O–H groups in total. The van der Waals surface area contributed by atoms with E-state index in [1.807, 2.05) is 48.9 Å². The minimum atomic E-state index is 0.696. The van der Waals surface area contributed by atoms with Gasteiger partial charge >= 0.3 is 0 Å². The van der Waals surface area contributed by atoms with Crippen LogP contribution in [0.3, 0.4) is 0 Å². The smallest absolute Gasteiger partial charge is 0.227 e. The summed E-state index contributed by atoms with van der Waals surface area (Å²) in [7, 11) is 5.99. The van der Waals surface area contributed by atoms with Crippen LogP contribution < -0.4 is 15.1 Å². The first-order valence-corrected chi connectivity index (χ1v) is 10.6. The van der Waals surface area contributed by atoms with Gasteiger partial charge in [0.05, 0.1) is 18.7 Å². The van der Waals surface area contributed by atoms with Crippen LogP contribution in [0.1, 0.15) is 0 Å². The molecule has 32 heavy (non-hydrogen) atoms. The van der Waals surface area contributed by atoms with Crippen molar-refractivity contribution >= 4 is 34.3 Å². The van der Waals surface area contributed by atoms with Crippen molar-refractivity contribution < 1.29 is 4.74 Å². The Morgan fingerprint density at radius 3 is 2.53 bits per heavy atom. The summed E-state index contributed by atoms with van der Waals surface area (Å²) < 4.78 is 7.34. The van der Waals surface area contributed by atoms with Crippen LogP contribution in [0.15, 0.2) is 48.8 Å². The molecule has 1 aromatic carbocycles. The highest BCUT2D eigenvalue weighted by Crippen LogP contribution is 2.30. The number of nitrogens with zero attached hydrogens (tertiary/aromatic N) is 7. The summed E-state index contributed by atoms with van der Waals surface area (Å²) in [6.45, 7) is 2.98. The second-order valence-electron chi connectivity index (χ2n) is 7.97. The molecule has 0 bridgehead atoms. The largest absolute Gasteiger partial charge is 0.378 e. The Balaban J connectivity index is 1.41. The molecule has 9 nitrogen and oxygen atoms in total. The number of benzene rings is 1. The third kappa shape index (κ3) is 3.94. The van der Waals surface area contributed by atoms with Crippen molar-refractivity contribution in [3.8, 4) is 11.1 Å². The fraction of sp³-hybridized carbons (Fsp3) is 0.304. The van der Waals surface area contributed by atoms with Gasteiger partial charge in [-0.15, -0.1) is 0 Å². The maximum Gasteiger partial charge on any atom is 0.227 e. The summed E-state index contributed by atoms with van der Waals surface area (Å²) in [5.74, 6) is 3.11. The topological polar surface area (TPSA) is 84.2 Å². The summed E-state index contributed by atoms with van der Waals surface area (Å²) in [6.07, 6.45) is 3.57. The normalized spacial score (nSPS) is 14.0. The van der Waals surface area contributed by atoms with E-state index in [0.717, 1.165) is 46.8 Å². The van der Waals surface area contributed by atoms with E-state index in [1.54, 1.807) is 12.4 Å². The minimum absolute atomic E-state index is 0.696. The number of aromatic nitrogens is 5. The molecule has 5 rings (SSSR count). The van der Waals surface area contributed by atoms with Gasteiger partial charge < -0.3 is 19.9 Å². The van der Waals surface area contributed by atoms with E-state index in [2.05, 4.69) is 48.5 Å². The number of hydrogen-bond donors (Lipinski definition) is 1. The van der Waals surface area contributed by atoms with E-state index >= 15 is 0 Å². The molecule has 0 amide bonds. The number of hydrogen-bond acceptors (Lipinski definition) is 8. The van der Waals surface area contributed by atoms with Gasteiger partial charge in [0, 0.05) is 52.0 Å². The van der Waals surface area contributed by atoms with E-state index in [4.69, 9.17) is 4.74 Å². The van der Waals surface area contributed by atoms with Gasteiger partial charge in [0.2, 0.25) is 5.95 Å². The van der Waals surface area contributed by atoms with Gasteiger partial charge in [0.1, 0.15) is 11.6 Å². The first-order valence-electron chi connectivity index (χ1n) is 10.6. The maximum atomic E-state index is 5.42. The van der Waals surface area contributed by atoms with Crippen LogP contribution in [0.5, 0.6) is 0 Å². The molecule has 0 spiro atoms.